The Hall–Kier alpha value is -2.64. The third-order valence-corrected chi connectivity index (χ3v) is 3.81. The highest BCUT2D eigenvalue weighted by molar-refractivity contribution is 5.90. The van der Waals surface area contributed by atoms with E-state index in [0.29, 0.717) is 16.6 Å². The number of aromatic amines is 2. The molecule has 0 aromatic carbocycles. The summed E-state index contributed by atoms with van der Waals surface area (Å²) in [7, 11) is 0. The van der Waals surface area contributed by atoms with E-state index in [-0.39, 0.29) is 11.5 Å². The number of pyridine rings is 1. The molecule has 0 bridgehead atoms. The lowest BCUT2D eigenvalue weighted by atomic mass is 9.88. The Kier molecular flexibility index (Phi) is 3.28. The van der Waals surface area contributed by atoms with Crippen LogP contribution in [0.5, 0.6) is 0 Å². The predicted octanol–water partition coefficient (Wildman–Crippen LogP) is 3.15. The van der Waals surface area contributed by atoms with Crippen molar-refractivity contribution in [3.63, 3.8) is 0 Å². The molecule has 8 heteroatoms. The first-order valence-corrected chi connectivity index (χ1v) is 6.81. The van der Waals surface area contributed by atoms with Crippen molar-refractivity contribution >= 4 is 11.0 Å². The molecule has 0 aliphatic heterocycles. The second-order valence-corrected chi connectivity index (χ2v) is 5.70. The third-order valence-electron chi connectivity index (χ3n) is 3.81. The van der Waals surface area contributed by atoms with Crippen molar-refractivity contribution < 1.29 is 13.2 Å². The van der Waals surface area contributed by atoms with Gasteiger partial charge in [-0.1, -0.05) is 0 Å². The van der Waals surface area contributed by atoms with Crippen molar-refractivity contribution in [3.8, 4) is 11.4 Å². The Balaban J connectivity index is 2.23. The number of fused-ring (bicyclic) bond motifs is 1. The molecule has 0 spiro atoms. The fourth-order valence-corrected chi connectivity index (χ4v) is 2.22. The van der Waals surface area contributed by atoms with Crippen LogP contribution in [0.15, 0.2) is 35.4 Å². The third kappa shape index (κ3) is 2.49. The Morgan fingerprint density at radius 3 is 2.61 bits per heavy atom. The van der Waals surface area contributed by atoms with Crippen LogP contribution in [-0.2, 0) is 5.41 Å². The first-order chi connectivity index (χ1) is 10.7. The van der Waals surface area contributed by atoms with Gasteiger partial charge in [0, 0.05) is 29.4 Å². The summed E-state index contributed by atoms with van der Waals surface area (Å²) in [5.74, 6) is 0.0804. The van der Waals surface area contributed by atoms with Gasteiger partial charge in [0.25, 0.3) is 5.56 Å². The fourth-order valence-electron chi connectivity index (χ4n) is 2.22. The molecule has 2 N–H and O–H groups in total. The number of halogens is 3. The zero-order valence-corrected chi connectivity index (χ0v) is 12.3. The first-order valence-electron chi connectivity index (χ1n) is 6.81. The van der Waals surface area contributed by atoms with Gasteiger partial charge in [0.1, 0.15) is 16.9 Å². The molecule has 23 heavy (non-hydrogen) atoms. The van der Waals surface area contributed by atoms with Crippen LogP contribution in [-0.4, -0.2) is 26.1 Å². The number of hydrogen-bond donors (Lipinski definition) is 2. The van der Waals surface area contributed by atoms with Crippen LogP contribution in [0, 0.1) is 0 Å². The van der Waals surface area contributed by atoms with Crippen molar-refractivity contribution in [1.29, 1.82) is 0 Å². The summed E-state index contributed by atoms with van der Waals surface area (Å²) >= 11 is 0. The van der Waals surface area contributed by atoms with Gasteiger partial charge in [-0.2, -0.15) is 13.2 Å². The smallest absolute Gasteiger partial charge is 0.346 e. The second kappa shape index (κ2) is 4.94. The van der Waals surface area contributed by atoms with E-state index in [1.54, 1.807) is 18.3 Å². The molecule has 0 amide bonds. The molecule has 3 aromatic rings. The van der Waals surface area contributed by atoms with E-state index in [0.717, 1.165) is 19.9 Å². The normalized spacial score (nSPS) is 12.7. The molecule has 3 rings (SSSR count). The summed E-state index contributed by atoms with van der Waals surface area (Å²) in [6.07, 6.45) is -1.37. The van der Waals surface area contributed by atoms with E-state index in [1.807, 2.05) is 0 Å². The summed E-state index contributed by atoms with van der Waals surface area (Å²) < 4.78 is 39.7. The Labute approximate surface area is 128 Å². The number of H-pyrrole nitrogens is 2. The van der Waals surface area contributed by atoms with Gasteiger partial charge in [0.05, 0.1) is 5.69 Å². The van der Waals surface area contributed by atoms with Crippen LogP contribution in [0.3, 0.4) is 0 Å². The molecule has 3 heterocycles. The molecule has 120 valence electrons. The molecule has 0 aliphatic rings. The zero-order chi connectivity index (χ0) is 16.8. The number of nitrogens with zero attached hydrogens (tertiary/aromatic N) is 2. The number of nitrogens with one attached hydrogen (secondary N) is 2. The van der Waals surface area contributed by atoms with Crippen LogP contribution in [0.2, 0.25) is 0 Å². The average Bonchev–Trinajstić information content (AvgIpc) is 2.93. The van der Waals surface area contributed by atoms with Crippen molar-refractivity contribution in [2.45, 2.75) is 25.4 Å². The Morgan fingerprint density at radius 1 is 1.17 bits per heavy atom. The predicted molar refractivity (Wildman–Crippen MR) is 79.0 cm³/mol. The number of rotatable bonds is 2. The topological polar surface area (TPSA) is 74.4 Å². The Bertz CT molecular complexity index is 924. The quantitative estimate of drug-likeness (QED) is 0.761. The maximum absolute atomic E-state index is 13.2. The number of aromatic nitrogens is 4. The van der Waals surface area contributed by atoms with E-state index < -0.39 is 17.2 Å². The summed E-state index contributed by atoms with van der Waals surface area (Å²) in [4.78, 5) is 25.4. The summed E-state index contributed by atoms with van der Waals surface area (Å²) in [5.41, 5.74) is -2.13. The van der Waals surface area contributed by atoms with Crippen LogP contribution in [0.25, 0.3) is 22.4 Å². The van der Waals surface area contributed by atoms with E-state index in [9.17, 15) is 18.0 Å². The SMILES string of the molecule is CC(C)(c1cc(=O)[nH]c(-c2ccnc3[nH]ccc23)n1)C(F)(F)F. The molecule has 0 radical (unpaired) electrons. The molecule has 0 fully saturated rings. The molecule has 0 atom stereocenters. The monoisotopic (exact) mass is 322 g/mol. The minimum atomic E-state index is -4.52. The molecule has 0 unspecified atom stereocenters. The summed E-state index contributed by atoms with van der Waals surface area (Å²) in [6, 6.07) is 4.20. The standard InChI is InChI=1S/C15H13F3N4O/c1-14(2,15(16,17)18)10-7-11(23)22-13(21-10)9-4-6-20-12-8(9)3-5-19-12/h3-7H,1-2H3,(H,19,20)(H,21,22,23). The Morgan fingerprint density at radius 2 is 1.91 bits per heavy atom. The molecular formula is C15H13F3N4O. The highest BCUT2D eigenvalue weighted by atomic mass is 19.4. The highest BCUT2D eigenvalue weighted by Crippen LogP contribution is 2.39. The van der Waals surface area contributed by atoms with Gasteiger partial charge < -0.3 is 9.97 Å². The molecule has 0 aliphatic carbocycles. The minimum Gasteiger partial charge on any atom is -0.346 e. The van der Waals surface area contributed by atoms with Crippen LogP contribution >= 0.6 is 0 Å². The van der Waals surface area contributed by atoms with Crippen molar-refractivity contribution in [2.75, 3.05) is 0 Å². The van der Waals surface area contributed by atoms with Gasteiger partial charge in [-0.25, -0.2) is 9.97 Å². The van der Waals surface area contributed by atoms with Gasteiger partial charge in [0.2, 0.25) is 0 Å². The van der Waals surface area contributed by atoms with Crippen molar-refractivity contribution in [2.24, 2.45) is 0 Å². The molecule has 5 nitrogen and oxygen atoms in total. The van der Waals surface area contributed by atoms with Crippen LogP contribution in [0.4, 0.5) is 13.2 Å². The molecule has 3 aromatic heterocycles. The van der Waals surface area contributed by atoms with Crippen LogP contribution in [0.1, 0.15) is 19.5 Å². The lowest BCUT2D eigenvalue weighted by Gasteiger charge is -2.27. The van der Waals surface area contributed by atoms with E-state index >= 15 is 0 Å². The molecule has 0 saturated heterocycles. The fraction of sp³-hybridized carbons (Fsp3) is 0.267. The maximum atomic E-state index is 13.2. The van der Waals surface area contributed by atoms with Gasteiger partial charge in [-0.05, 0) is 26.0 Å². The summed E-state index contributed by atoms with van der Waals surface area (Å²) in [6.45, 7) is 1.99. The lowest BCUT2D eigenvalue weighted by molar-refractivity contribution is -0.181. The van der Waals surface area contributed by atoms with Gasteiger partial charge in [-0.15, -0.1) is 0 Å². The van der Waals surface area contributed by atoms with E-state index in [2.05, 4.69) is 19.9 Å². The van der Waals surface area contributed by atoms with Crippen molar-refractivity contribution in [1.82, 2.24) is 19.9 Å². The van der Waals surface area contributed by atoms with E-state index in [1.165, 1.54) is 6.20 Å². The first kappa shape index (κ1) is 15.3. The van der Waals surface area contributed by atoms with Gasteiger partial charge in [0.15, 0.2) is 0 Å². The van der Waals surface area contributed by atoms with E-state index in [4.69, 9.17) is 0 Å². The summed E-state index contributed by atoms with van der Waals surface area (Å²) in [5, 5.41) is 0.664. The van der Waals surface area contributed by atoms with Gasteiger partial charge in [-0.3, -0.25) is 4.79 Å². The molecule has 0 saturated carbocycles. The van der Waals surface area contributed by atoms with Gasteiger partial charge >= 0.3 is 6.18 Å². The average molecular weight is 322 g/mol. The number of alkyl halides is 3. The maximum Gasteiger partial charge on any atom is 0.399 e. The van der Waals surface area contributed by atoms with Crippen molar-refractivity contribution in [3.05, 3.63) is 46.6 Å². The van der Waals surface area contributed by atoms with Crippen LogP contribution < -0.4 is 5.56 Å². The largest absolute Gasteiger partial charge is 0.399 e. The highest BCUT2D eigenvalue weighted by Gasteiger charge is 2.49. The zero-order valence-electron chi connectivity index (χ0n) is 12.3. The minimum absolute atomic E-state index is 0.0804. The lowest BCUT2D eigenvalue weighted by Crippen LogP contribution is -2.38. The number of hydrogen-bond acceptors (Lipinski definition) is 3. The second-order valence-electron chi connectivity index (χ2n) is 5.70. The molecular weight excluding hydrogens is 309 g/mol.